The van der Waals surface area contributed by atoms with E-state index in [2.05, 4.69) is 409 Å². The van der Waals surface area contributed by atoms with Crippen LogP contribution in [0.4, 0.5) is 0 Å². The third-order valence-electron chi connectivity index (χ3n) is 34.5. The molecular formula is C120H240O6S6. The molecule has 132 heavy (non-hydrogen) atoms. The van der Waals surface area contributed by atoms with Crippen LogP contribution in [0.2, 0.25) is 0 Å². The van der Waals surface area contributed by atoms with E-state index >= 15 is 0 Å². The van der Waals surface area contributed by atoms with Crippen molar-refractivity contribution in [2.45, 2.75) is 489 Å². The second kappa shape index (κ2) is 49.4. The molecule has 0 spiro atoms. The second-order valence-corrected chi connectivity index (χ2v) is 74.3. The summed E-state index contributed by atoms with van der Waals surface area (Å²) in [6.45, 7) is 127. The van der Waals surface area contributed by atoms with Gasteiger partial charge in [-0.05, 0) is 316 Å². The minimum atomic E-state index is -2.81. The van der Waals surface area contributed by atoms with Crippen LogP contribution >= 0.6 is 35.3 Å². The Labute approximate surface area is 845 Å². The zero-order chi connectivity index (χ0) is 104. The Morgan fingerprint density at radius 3 is 0.280 bits per heavy atom. The summed E-state index contributed by atoms with van der Waals surface area (Å²) in [4.78, 5) is 0. The maximum atomic E-state index is 11.8. The number of thioether (sulfide) groups is 3. The van der Waals surface area contributed by atoms with Crippen molar-refractivity contribution in [3.63, 3.8) is 0 Å². The highest BCUT2D eigenvalue weighted by Gasteiger charge is 2.50. The molecule has 0 bridgehead atoms. The Balaban J connectivity index is 0.000000744. The summed E-state index contributed by atoms with van der Waals surface area (Å²) < 4.78 is 70.9. The lowest BCUT2D eigenvalue weighted by Gasteiger charge is -2.46. The molecule has 0 unspecified atom stereocenters. The van der Waals surface area contributed by atoms with Crippen molar-refractivity contribution >= 4 is 64.8 Å². The zero-order valence-corrected chi connectivity index (χ0v) is 104. The van der Waals surface area contributed by atoms with Gasteiger partial charge in [0, 0.05) is 0 Å². The Kier molecular flexibility index (Phi) is 49.0. The normalized spacial score (nSPS) is 30.8. The van der Waals surface area contributed by atoms with Gasteiger partial charge in [0.1, 0.15) is 29.5 Å². The molecule has 0 amide bonds. The first kappa shape index (κ1) is 131. The van der Waals surface area contributed by atoms with E-state index in [1.54, 1.807) is 0 Å². The lowest BCUT2D eigenvalue weighted by Crippen LogP contribution is -2.38. The van der Waals surface area contributed by atoms with E-state index in [9.17, 15) is 25.3 Å². The van der Waals surface area contributed by atoms with Crippen LogP contribution < -0.4 is 0 Å². The van der Waals surface area contributed by atoms with Gasteiger partial charge in [-0.2, -0.15) is 35.3 Å². The molecule has 9 fully saturated rings. The Hall–Kier alpha value is 0.900. The van der Waals surface area contributed by atoms with Gasteiger partial charge in [-0.3, -0.25) is 0 Å². The zero-order valence-electron chi connectivity index (χ0n) is 99.5. The fourth-order valence-electron chi connectivity index (χ4n) is 26.0. The predicted molar refractivity (Wildman–Crippen MR) is 604 cm³/mol. The van der Waals surface area contributed by atoms with Crippen molar-refractivity contribution in [3.05, 3.63) is 0 Å². The largest absolute Gasteiger partial charge is 0.229 e. The molecule has 12 heteroatoms. The van der Waals surface area contributed by atoms with Crippen LogP contribution in [0.15, 0.2) is 0 Å². The lowest BCUT2D eigenvalue weighted by atomic mass is 9.59. The molecule has 0 aromatic rings. The molecule has 0 aromatic carbocycles. The van der Waals surface area contributed by atoms with Crippen molar-refractivity contribution < 1.29 is 25.3 Å². The highest BCUT2D eigenvalue weighted by Crippen LogP contribution is 2.57. The van der Waals surface area contributed by atoms with Gasteiger partial charge in [-0.1, -0.05) is 412 Å². The number of hydrogen-bond acceptors (Lipinski definition) is 9. The molecule has 0 radical (unpaired) electrons. The van der Waals surface area contributed by atoms with Crippen molar-refractivity contribution in [1.82, 2.24) is 0 Å². The molecule has 9 aliphatic rings. The highest BCUT2D eigenvalue weighted by molar-refractivity contribution is 8.00. The summed E-state index contributed by atoms with van der Waals surface area (Å²) in [5.41, 5.74) is 7.07. The Morgan fingerprint density at radius 2 is 0.205 bits per heavy atom. The van der Waals surface area contributed by atoms with E-state index in [-0.39, 0.29) is 32.5 Å². The molecule has 6 heterocycles. The van der Waals surface area contributed by atoms with Crippen molar-refractivity contribution in [3.8, 4) is 0 Å². The van der Waals surface area contributed by atoms with Crippen LogP contribution in [0.5, 0.6) is 0 Å². The number of sulfone groups is 3. The van der Waals surface area contributed by atoms with E-state index in [0.717, 1.165) is 110 Å². The monoisotopic (exact) mass is 1970 g/mol. The minimum absolute atomic E-state index is 0.192. The van der Waals surface area contributed by atoms with Gasteiger partial charge in [0.05, 0.1) is 34.5 Å². The summed E-state index contributed by atoms with van der Waals surface area (Å²) in [7, 11) is -8.42. The first-order valence-corrected chi connectivity index (χ1v) is 63.4. The smallest absolute Gasteiger partial charge is 0.150 e. The first-order chi connectivity index (χ1) is 58.2. The van der Waals surface area contributed by atoms with Crippen LogP contribution in [-0.4, -0.2) is 94.3 Å². The molecule has 6 aliphatic heterocycles. The second-order valence-electron chi connectivity index (χ2n) is 64.2. The maximum absolute atomic E-state index is 11.8. The Bertz CT molecular complexity index is 3020. The number of rotatable bonds is 0. The molecule has 0 N–H and O–H groups in total. The molecular weight excluding hydrogens is 1730 g/mol. The summed E-state index contributed by atoms with van der Waals surface area (Å²) in [5, 5.41) is 0. The van der Waals surface area contributed by atoms with Crippen LogP contribution in [0, 0.1) is 204 Å². The highest BCUT2D eigenvalue weighted by atomic mass is 32.2. The third-order valence-corrected chi connectivity index (χ3v) is 43.2. The lowest BCUT2D eigenvalue weighted by molar-refractivity contribution is 0.0335. The van der Waals surface area contributed by atoms with Crippen LogP contribution in [-0.2, 0) is 29.5 Å². The Morgan fingerprint density at radius 1 is 0.129 bits per heavy atom. The SMILES string of the molecule is CC(C)(C)[C@@H]1CCCC[C@@H]1C(C)(C)C.CC(C)(C)[C@@H]1CCCC[C@H]1C(C)(C)C.CC(C)(C)[C@@H]1CCS(=O)(=O)CC[C@@H]1C(C)(C)C.CC(C)(C)[C@@H]1CCS(=O)(=O)CC[C@H]1C(C)(C)C.CC(C)(C)[C@@H]1CSC[C@@H]1C(C)(C)C.CC(C)(C)[C@@H]1CSC[C@H]1C(C)(C)C.CC(C)(C)[C@H]1CCCC[C@@H]1C(C)(C)C.CC(C)(C)[C@H]1CCS(=O)(=O)CC[C@@H]1C(C)(C)C.CC(C)(C)[C@H]1CSC[C@@H]1C(C)(C)C. The van der Waals surface area contributed by atoms with E-state index in [0.29, 0.717) is 135 Å². The van der Waals surface area contributed by atoms with Crippen molar-refractivity contribution in [1.29, 1.82) is 0 Å². The summed E-state index contributed by atoms with van der Waals surface area (Å²) in [6, 6.07) is 0. The topological polar surface area (TPSA) is 102 Å². The van der Waals surface area contributed by atoms with Crippen LogP contribution in [0.3, 0.4) is 0 Å². The molecule has 0 aromatic heterocycles. The average Bonchev–Trinajstić information content (AvgIpc) is 1.06. The summed E-state index contributed by atoms with van der Waals surface area (Å²) >= 11 is 6.43. The van der Waals surface area contributed by atoms with Gasteiger partial charge < -0.3 is 0 Å². The average molecular weight is 1970 g/mol. The van der Waals surface area contributed by atoms with E-state index in [1.807, 2.05) is 0 Å². The summed E-state index contributed by atoms with van der Waals surface area (Å²) in [5.74, 6) is 24.4. The predicted octanol–water partition coefficient (Wildman–Crippen LogP) is 37.4. The van der Waals surface area contributed by atoms with E-state index in [4.69, 9.17) is 0 Å². The molecule has 3 aliphatic carbocycles. The molecule has 9 rings (SSSR count). The quantitative estimate of drug-likeness (QED) is 0.235. The van der Waals surface area contributed by atoms with E-state index < -0.39 is 29.5 Å². The molecule has 6 saturated heterocycles. The third kappa shape index (κ3) is 45.7. The molecule has 6 nitrogen and oxygen atoms in total. The first-order valence-electron chi connectivity index (χ1n) is 54.5. The fourth-order valence-corrected chi connectivity index (χ4v) is 36.6. The summed E-state index contributed by atoms with van der Waals surface area (Å²) in [6.07, 6.45) is 22.4. The maximum Gasteiger partial charge on any atom is 0.150 e. The van der Waals surface area contributed by atoms with Gasteiger partial charge >= 0.3 is 0 Å². The van der Waals surface area contributed by atoms with Crippen molar-refractivity contribution in [2.24, 2.45) is 204 Å². The van der Waals surface area contributed by atoms with Crippen molar-refractivity contribution in [2.75, 3.05) is 69.0 Å². The molecule has 3 saturated carbocycles. The number of hydrogen-bond donors (Lipinski definition) is 0. The van der Waals surface area contributed by atoms with Gasteiger partial charge in [-0.25, -0.2) is 25.3 Å². The van der Waals surface area contributed by atoms with Gasteiger partial charge in [0.2, 0.25) is 0 Å². The van der Waals surface area contributed by atoms with Gasteiger partial charge in [0.15, 0.2) is 0 Å². The van der Waals surface area contributed by atoms with Gasteiger partial charge in [-0.15, -0.1) is 0 Å². The van der Waals surface area contributed by atoms with Crippen LogP contribution in [0.1, 0.15) is 489 Å². The van der Waals surface area contributed by atoms with Crippen LogP contribution in [0.25, 0.3) is 0 Å². The van der Waals surface area contributed by atoms with E-state index in [1.165, 1.54) is 112 Å². The molecule has 792 valence electrons. The van der Waals surface area contributed by atoms with Gasteiger partial charge in [0.25, 0.3) is 0 Å². The minimum Gasteiger partial charge on any atom is -0.229 e. The fraction of sp³-hybridized carbons (Fsp3) is 1.00. The standard InChI is InChI=1S/3C14H28O2S.3C14H28.3C12H24S/c3*1-13(2,3)11-7-9-17(15,16)10-8-12(11)14(4,5)6;3*1-13(2,3)11-9-7-8-10-12(11)14(4,5)6;3*1-11(2,3)9-7-13-8-10(9)12(4,5)6/h3*11-12H,7-10H2,1-6H3;3*11-12H,7-10H2,1-6H3;3*9-10H,7-8H2,1-6H3/t11-,12+;2*11-,12-;11-,12+;2*11-,12-;9-,10+;2*9-,10-/m.10.10.10/s1. The molecule has 18 atom stereocenters.